The number of aliphatic hydroxyl groups excluding tert-OH is 8. The van der Waals surface area contributed by atoms with Gasteiger partial charge in [0.25, 0.3) is 0 Å². The van der Waals surface area contributed by atoms with E-state index in [0.29, 0.717) is 46.2 Å². The van der Waals surface area contributed by atoms with Gasteiger partial charge >= 0.3 is 59.1 Å². The average molecular weight is 907 g/mol. The van der Waals surface area contributed by atoms with Gasteiger partial charge in [-0.05, 0) is 83.3 Å². The van der Waals surface area contributed by atoms with Crippen LogP contribution in [0.2, 0.25) is 0 Å². The van der Waals surface area contributed by atoms with Gasteiger partial charge < -0.3 is 79.6 Å². The topological polar surface area (TPSA) is 279 Å². The first-order chi connectivity index (χ1) is 29.8. The summed E-state index contributed by atoms with van der Waals surface area (Å²) in [5.74, 6) is -1.96. The molecule has 18 heteroatoms. The van der Waals surface area contributed by atoms with E-state index in [1.807, 2.05) is 24.3 Å². The molecule has 6 rings (SSSR count). The van der Waals surface area contributed by atoms with Crippen LogP contribution in [-0.4, -0.2) is 127 Å². The van der Waals surface area contributed by atoms with Crippen molar-refractivity contribution in [1.29, 1.82) is 0 Å². The zero-order chi connectivity index (χ0) is 44.5. The van der Waals surface area contributed by atoms with Gasteiger partial charge in [-0.3, -0.25) is 0 Å². The molecule has 8 N–H and O–H groups in total. The van der Waals surface area contributed by atoms with Gasteiger partial charge in [-0.1, -0.05) is 73.5 Å². The van der Waals surface area contributed by atoms with Crippen LogP contribution in [-0.2, 0) is 44.7 Å². The van der Waals surface area contributed by atoms with Gasteiger partial charge in [0.2, 0.25) is 12.6 Å². The molecule has 4 aromatic rings. The van der Waals surface area contributed by atoms with E-state index in [0.717, 1.165) is 36.8 Å². The van der Waals surface area contributed by atoms with E-state index in [-0.39, 0.29) is 83.5 Å². The van der Waals surface area contributed by atoms with Crippen LogP contribution < -0.4 is 78.8 Å². The molecule has 4 aromatic carbocycles. The van der Waals surface area contributed by atoms with Crippen LogP contribution >= 0.6 is 0 Å². The number of aliphatic hydroxyl groups is 8. The predicted octanol–water partition coefficient (Wildman–Crippen LogP) is -6.68. The number of unbranched alkanes of at least 4 members (excludes halogenated alkanes) is 3. The van der Waals surface area contributed by atoms with E-state index in [1.165, 1.54) is 0 Å². The number of rotatable bonds is 19. The molecule has 0 aliphatic carbocycles. The number of aryl methyl sites for hydroxylation is 2. The summed E-state index contributed by atoms with van der Waals surface area (Å²) in [6.45, 7) is -1.25. The zero-order valence-corrected chi connectivity index (χ0v) is 39.8. The number of hydrogen-bond acceptors (Lipinski definition) is 16. The summed E-state index contributed by atoms with van der Waals surface area (Å²) >= 11 is 0. The third-order valence-corrected chi connectivity index (χ3v) is 11.1. The maximum absolute atomic E-state index is 11.4. The standard InChI is InChI=1S/C46H54O16.2Na/c47-23-35-39(53)41(55)43(57)45(61-35)59-33-15-13-25(19-31(33)29-11-5-9-27(17-29)21-37(49)50)7-3-1-2-4-8-26-14-16-34(60-46-44(58)42(56)40(54)36(24-48)62-46)32(20-26)30-12-6-10-28(18-30)22-38(51)52;;/h5-6,9-20,35-36,39-48,53-58H,1-4,7-8,21-24H2,(H,49,50)(H,51,52);;/q;2*+1/p-2/t35-,36-,39-,40-,41+,42+,43+,44+,45+,46+;;/m1../s1. The minimum atomic E-state index is -1.64. The van der Waals surface area contributed by atoms with Gasteiger partial charge in [0.1, 0.15) is 60.3 Å². The predicted molar refractivity (Wildman–Crippen MR) is 216 cm³/mol. The fourth-order valence-corrected chi connectivity index (χ4v) is 7.74. The van der Waals surface area contributed by atoms with Crippen molar-refractivity contribution in [3.05, 3.63) is 107 Å². The maximum Gasteiger partial charge on any atom is 1.00 e. The Balaban J connectivity index is 0.00000449. The number of hydrogen-bond donors (Lipinski definition) is 8. The molecule has 0 aromatic heterocycles. The van der Waals surface area contributed by atoms with Crippen LogP contribution in [0.25, 0.3) is 22.3 Å². The van der Waals surface area contributed by atoms with E-state index in [4.69, 9.17) is 18.9 Å². The Labute approximate surface area is 414 Å². The number of ether oxygens (including phenoxy) is 4. The van der Waals surface area contributed by atoms with Crippen LogP contribution in [0, 0.1) is 0 Å². The summed E-state index contributed by atoms with van der Waals surface area (Å²) < 4.78 is 23.2. The Morgan fingerprint density at radius 1 is 0.500 bits per heavy atom. The monoisotopic (exact) mass is 906 g/mol. The van der Waals surface area contributed by atoms with Crippen molar-refractivity contribution >= 4 is 11.9 Å². The van der Waals surface area contributed by atoms with Crippen LogP contribution in [0.4, 0.5) is 0 Å². The maximum atomic E-state index is 11.4. The Morgan fingerprint density at radius 2 is 0.891 bits per heavy atom. The summed E-state index contributed by atoms with van der Waals surface area (Å²) in [7, 11) is 0. The van der Waals surface area contributed by atoms with Crippen molar-refractivity contribution in [3.8, 4) is 33.8 Å². The Morgan fingerprint density at radius 3 is 1.25 bits per heavy atom. The fourth-order valence-electron chi connectivity index (χ4n) is 7.74. The number of aliphatic carboxylic acids is 2. The summed E-state index contributed by atoms with van der Waals surface area (Å²) in [5.41, 5.74) is 5.29. The molecule has 0 radical (unpaired) electrons. The van der Waals surface area contributed by atoms with Crippen molar-refractivity contribution in [3.63, 3.8) is 0 Å². The first-order valence-corrected chi connectivity index (χ1v) is 20.5. The molecule has 0 unspecified atom stereocenters. The molecule has 10 atom stereocenters. The largest absolute Gasteiger partial charge is 1.00 e. The average Bonchev–Trinajstić information content (AvgIpc) is 3.25. The van der Waals surface area contributed by atoms with E-state index in [1.54, 1.807) is 60.7 Å². The summed E-state index contributed by atoms with van der Waals surface area (Å²) in [6.07, 6.45) is -10.7. The number of carboxylic acids is 2. The minimum absolute atomic E-state index is 0. The summed E-state index contributed by atoms with van der Waals surface area (Å²) in [6, 6.07) is 24.5. The molecule has 0 saturated carbocycles. The second-order valence-corrected chi connectivity index (χ2v) is 15.7. The van der Waals surface area contributed by atoms with Crippen molar-refractivity contribution in [2.75, 3.05) is 13.2 Å². The minimum Gasteiger partial charge on any atom is -0.550 e. The molecule has 0 amide bonds. The number of carbonyl (C=O) groups is 2. The third-order valence-electron chi connectivity index (χ3n) is 11.1. The van der Waals surface area contributed by atoms with Crippen LogP contribution in [0.1, 0.15) is 47.9 Å². The van der Waals surface area contributed by atoms with Crippen molar-refractivity contribution in [2.45, 2.75) is 113 Å². The third kappa shape index (κ3) is 13.8. The Bertz CT molecular complexity index is 1990. The number of carboxylic acid groups (broad SMARTS) is 2. The van der Waals surface area contributed by atoms with Crippen LogP contribution in [0.3, 0.4) is 0 Å². The molecule has 334 valence electrons. The van der Waals surface area contributed by atoms with Gasteiger partial charge in [0, 0.05) is 35.9 Å². The van der Waals surface area contributed by atoms with Crippen LogP contribution in [0.15, 0.2) is 84.9 Å². The fraction of sp³-hybridized carbons (Fsp3) is 0.435. The van der Waals surface area contributed by atoms with E-state index in [9.17, 15) is 60.7 Å². The SMILES string of the molecule is O=C([O-])Cc1cccc(-c2cc(CCCCCCc3ccc(O[C@H]4O[C@H](CO)[C@@H](O)[C@H](O)[C@@H]4O)c(-c4cccc(CC(=O)[O-])c4)c3)ccc2O[C@H]2O[C@H](CO)[C@@H](O)[C@H](O)[C@@H]2O)c1.[Na+].[Na+]. The van der Waals surface area contributed by atoms with Gasteiger partial charge in [0.15, 0.2) is 0 Å². The van der Waals surface area contributed by atoms with Gasteiger partial charge in [0.05, 0.1) is 13.2 Å². The molecule has 0 spiro atoms. The quantitative estimate of drug-likeness (QED) is 0.0321. The molecule has 2 fully saturated rings. The van der Waals surface area contributed by atoms with E-state index in [2.05, 4.69) is 0 Å². The summed E-state index contributed by atoms with van der Waals surface area (Å²) in [4.78, 5) is 22.7. The molecule has 0 bridgehead atoms. The van der Waals surface area contributed by atoms with Crippen molar-refractivity contribution in [1.82, 2.24) is 0 Å². The summed E-state index contributed by atoms with van der Waals surface area (Å²) in [5, 5.41) is 104. The molecular weight excluding hydrogens is 854 g/mol. The second-order valence-electron chi connectivity index (χ2n) is 15.7. The number of benzene rings is 4. The van der Waals surface area contributed by atoms with Crippen molar-refractivity contribution < 1.29 is 139 Å². The number of carbonyl (C=O) groups excluding carboxylic acids is 2. The van der Waals surface area contributed by atoms with Gasteiger partial charge in [-0.2, -0.15) is 0 Å². The van der Waals surface area contributed by atoms with Crippen LogP contribution in [0.5, 0.6) is 11.5 Å². The van der Waals surface area contributed by atoms with Gasteiger partial charge in [-0.15, -0.1) is 0 Å². The molecule has 2 aliphatic heterocycles. The Kier molecular flexibility index (Phi) is 21.1. The molecule has 2 heterocycles. The molecule has 64 heavy (non-hydrogen) atoms. The normalized spacial score (nSPS) is 25.4. The van der Waals surface area contributed by atoms with Crippen molar-refractivity contribution in [2.24, 2.45) is 0 Å². The molecular formula is C46H52Na2O16. The zero-order valence-electron chi connectivity index (χ0n) is 35.8. The smallest absolute Gasteiger partial charge is 0.550 e. The molecule has 16 nitrogen and oxygen atoms in total. The Hall–Kier alpha value is -2.98. The first kappa shape index (κ1) is 53.6. The second kappa shape index (κ2) is 25.2. The van der Waals surface area contributed by atoms with E-state index >= 15 is 0 Å². The van der Waals surface area contributed by atoms with E-state index < -0.39 is 86.6 Å². The molecule has 2 saturated heterocycles. The van der Waals surface area contributed by atoms with Gasteiger partial charge in [-0.25, -0.2) is 0 Å². The first-order valence-electron chi connectivity index (χ1n) is 20.5. The molecule has 2 aliphatic rings.